The van der Waals surface area contributed by atoms with Gasteiger partial charge in [-0.05, 0) is 48.2 Å². The van der Waals surface area contributed by atoms with Crippen LogP contribution in [0.15, 0.2) is 78.0 Å². The summed E-state index contributed by atoms with van der Waals surface area (Å²) < 4.78 is 16.6. The van der Waals surface area contributed by atoms with Crippen molar-refractivity contribution in [1.29, 1.82) is 0 Å². The van der Waals surface area contributed by atoms with Gasteiger partial charge in [0.15, 0.2) is 17.3 Å². The summed E-state index contributed by atoms with van der Waals surface area (Å²) in [5, 5.41) is 7.19. The van der Waals surface area contributed by atoms with Crippen LogP contribution in [0.4, 0.5) is 11.4 Å². The number of para-hydroxylation sites is 3. The van der Waals surface area contributed by atoms with Crippen LogP contribution in [0.25, 0.3) is 0 Å². The number of fused-ring (bicyclic) bond motifs is 1. The lowest BCUT2D eigenvalue weighted by atomic mass is 9.78. The predicted molar refractivity (Wildman–Crippen MR) is 133 cm³/mol. The van der Waals surface area contributed by atoms with E-state index in [1.165, 1.54) is 0 Å². The highest BCUT2D eigenvalue weighted by Crippen LogP contribution is 2.46. The van der Waals surface area contributed by atoms with Gasteiger partial charge >= 0.3 is 0 Å². The first-order valence-electron chi connectivity index (χ1n) is 11.4. The highest BCUT2D eigenvalue weighted by atomic mass is 16.5. The van der Waals surface area contributed by atoms with Gasteiger partial charge in [-0.2, -0.15) is 0 Å². The largest absolute Gasteiger partial charge is 0.496 e. The summed E-state index contributed by atoms with van der Waals surface area (Å²) in [4.78, 5) is 13.7. The van der Waals surface area contributed by atoms with Crippen LogP contribution in [0, 0.1) is 0 Å². The van der Waals surface area contributed by atoms with Gasteiger partial charge in [0, 0.05) is 23.3 Å². The number of methoxy groups -OCH3 is 3. The van der Waals surface area contributed by atoms with Crippen LogP contribution in [-0.4, -0.2) is 27.1 Å². The van der Waals surface area contributed by atoms with E-state index in [1.807, 2.05) is 66.7 Å². The molecule has 6 heteroatoms. The molecule has 5 rings (SSSR count). The molecule has 34 heavy (non-hydrogen) atoms. The number of allylic oxidation sites excluding steroid dienone is 1. The molecule has 1 aliphatic carbocycles. The molecular formula is C28H28N2O4. The van der Waals surface area contributed by atoms with Gasteiger partial charge in [-0.3, -0.25) is 4.79 Å². The second-order valence-corrected chi connectivity index (χ2v) is 8.52. The molecule has 0 unspecified atom stereocenters. The Labute approximate surface area is 199 Å². The standard InChI is InChI=1S/C28H28N2O4/c1-32-24-11-7-4-8-19(24)28-27-22(29-20-9-5-6-10-21(20)30-28)14-18(15-23(27)31)17-12-13-25(33-2)26(16-17)34-3/h4-13,16,18,28-30H,14-15H2,1-3H3/t18-,28+/m0/s1. The van der Waals surface area contributed by atoms with Crippen molar-refractivity contribution in [3.8, 4) is 17.2 Å². The number of carbonyl (C=O) groups excluding carboxylic acids is 1. The van der Waals surface area contributed by atoms with Crippen molar-refractivity contribution < 1.29 is 19.0 Å². The Morgan fingerprint density at radius 3 is 2.24 bits per heavy atom. The van der Waals surface area contributed by atoms with Crippen molar-refractivity contribution in [1.82, 2.24) is 0 Å². The van der Waals surface area contributed by atoms with Crippen molar-refractivity contribution in [3.05, 3.63) is 89.1 Å². The summed E-state index contributed by atoms with van der Waals surface area (Å²) in [5.41, 5.74) is 5.59. The zero-order valence-corrected chi connectivity index (χ0v) is 19.6. The maximum atomic E-state index is 13.7. The Morgan fingerprint density at radius 1 is 0.765 bits per heavy atom. The third-order valence-electron chi connectivity index (χ3n) is 6.64. The topological polar surface area (TPSA) is 68.8 Å². The Balaban J connectivity index is 1.60. The van der Waals surface area contributed by atoms with Gasteiger partial charge in [-0.15, -0.1) is 0 Å². The van der Waals surface area contributed by atoms with E-state index in [-0.39, 0.29) is 17.7 Å². The molecule has 2 aliphatic rings. The Hall–Kier alpha value is -3.93. The van der Waals surface area contributed by atoms with Gasteiger partial charge in [0.2, 0.25) is 0 Å². The van der Waals surface area contributed by atoms with Gasteiger partial charge in [0.25, 0.3) is 0 Å². The van der Waals surface area contributed by atoms with E-state index in [2.05, 4.69) is 10.6 Å². The number of ketones is 1. The molecule has 2 N–H and O–H groups in total. The zero-order valence-electron chi connectivity index (χ0n) is 19.6. The molecular weight excluding hydrogens is 428 g/mol. The maximum absolute atomic E-state index is 13.7. The minimum atomic E-state index is -0.318. The van der Waals surface area contributed by atoms with Gasteiger partial charge < -0.3 is 24.8 Å². The van der Waals surface area contributed by atoms with E-state index < -0.39 is 0 Å². The highest BCUT2D eigenvalue weighted by molar-refractivity contribution is 6.01. The molecule has 1 aliphatic heterocycles. The first-order valence-corrected chi connectivity index (χ1v) is 11.4. The van der Waals surface area contributed by atoms with Crippen molar-refractivity contribution in [2.24, 2.45) is 0 Å². The Morgan fingerprint density at radius 2 is 1.47 bits per heavy atom. The fourth-order valence-electron chi connectivity index (χ4n) is 4.97. The third-order valence-corrected chi connectivity index (χ3v) is 6.64. The van der Waals surface area contributed by atoms with E-state index in [9.17, 15) is 4.79 Å². The SMILES string of the molecule is COc1ccc([C@@H]2CC(=O)C3=C(C2)Nc2ccccc2N[C@@H]3c2ccccc2OC)cc1OC. The molecule has 3 aromatic rings. The highest BCUT2D eigenvalue weighted by Gasteiger charge is 2.37. The molecule has 0 bridgehead atoms. The lowest BCUT2D eigenvalue weighted by Crippen LogP contribution is -2.27. The van der Waals surface area contributed by atoms with Crippen LogP contribution in [0.3, 0.4) is 0 Å². The fraction of sp³-hybridized carbons (Fsp3) is 0.250. The number of hydrogen-bond acceptors (Lipinski definition) is 6. The first-order chi connectivity index (χ1) is 16.6. The quantitative estimate of drug-likeness (QED) is 0.514. The normalized spacial score (nSPS) is 19.2. The number of carbonyl (C=O) groups is 1. The van der Waals surface area contributed by atoms with E-state index in [0.717, 1.165) is 39.5 Å². The summed E-state index contributed by atoms with van der Waals surface area (Å²) in [6, 6.07) is 21.5. The number of nitrogens with one attached hydrogen (secondary N) is 2. The van der Waals surface area contributed by atoms with Crippen LogP contribution in [0.2, 0.25) is 0 Å². The third kappa shape index (κ3) is 3.85. The summed E-state index contributed by atoms with van der Waals surface area (Å²) in [6.45, 7) is 0. The molecule has 6 nitrogen and oxygen atoms in total. The summed E-state index contributed by atoms with van der Waals surface area (Å²) in [5.74, 6) is 2.24. The van der Waals surface area contributed by atoms with E-state index in [1.54, 1.807) is 21.3 Å². The number of ether oxygens (including phenoxy) is 3. The van der Waals surface area contributed by atoms with Crippen molar-refractivity contribution >= 4 is 17.2 Å². The van der Waals surface area contributed by atoms with Gasteiger partial charge in [0.1, 0.15) is 5.75 Å². The molecule has 0 saturated carbocycles. The average molecular weight is 457 g/mol. The van der Waals surface area contributed by atoms with Crippen LogP contribution < -0.4 is 24.8 Å². The van der Waals surface area contributed by atoms with Crippen LogP contribution in [0.1, 0.15) is 35.9 Å². The van der Waals surface area contributed by atoms with E-state index in [0.29, 0.717) is 24.3 Å². The molecule has 3 aromatic carbocycles. The van der Waals surface area contributed by atoms with Crippen molar-refractivity contribution in [3.63, 3.8) is 0 Å². The van der Waals surface area contributed by atoms with Crippen LogP contribution in [0.5, 0.6) is 17.2 Å². The summed E-state index contributed by atoms with van der Waals surface area (Å²) in [7, 11) is 4.91. The first kappa shape index (κ1) is 21.9. The number of rotatable bonds is 5. The van der Waals surface area contributed by atoms with Gasteiger partial charge in [-0.25, -0.2) is 0 Å². The maximum Gasteiger partial charge on any atom is 0.163 e. The molecule has 0 amide bonds. The smallest absolute Gasteiger partial charge is 0.163 e. The van der Waals surface area contributed by atoms with Crippen LogP contribution in [-0.2, 0) is 4.79 Å². The molecule has 0 aromatic heterocycles. The van der Waals surface area contributed by atoms with E-state index in [4.69, 9.17) is 14.2 Å². The second kappa shape index (κ2) is 9.14. The minimum absolute atomic E-state index is 0.0298. The lowest BCUT2D eigenvalue weighted by Gasteiger charge is -2.30. The predicted octanol–water partition coefficient (Wildman–Crippen LogP) is 5.69. The molecule has 2 atom stereocenters. The van der Waals surface area contributed by atoms with E-state index >= 15 is 0 Å². The second-order valence-electron chi connectivity index (χ2n) is 8.52. The zero-order chi connectivity index (χ0) is 23.7. The molecule has 0 spiro atoms. The van der Waals surface area contributed by atoms with Crippen molar-refractivity contribution in [2.75, 3.05) is 32.0 Å². The number of benzene rings is 3. The summed E-state index contributed by atoms with van der Waals surface area (Å²) in [6.07, 6.45) is 1.12. The molecule has 174 valence electrons. The number of Topliss-reactive ketones (excluding diaryl/α,β-unsaturated/α-hetero) is 1. The average Bonchev–Trinajstić information content (AvgIpc) is 3.05. The van der Waals surface area contributed by atoms with Crippen molar-refractivity contribution in [2.45, 2.75) is 24.8 Å². The summed E-state index contributed by atoms with van der Waals surface area (Å²) >= 11 is 0. The number of anilines is 2. The Kier molecular flexibility index (Phi) is 5.88. The molecule has 0 radical (unpaired) electrons. The number of hydrogen-bond donors (Lipinski definition) is 2. The molecule has 1 heterocycles. The molecule has 0 fully saturated rings. The lowest BCUT2D eigenvalue weighted by molar-refractivity contribution is -0.116. The fourth-order valence-corrected chi connectivity index (χ4v) is 4.97. The van der Waals surface area contributed by atoms with Crippen LogP contribution >= 0.6 is 0 Å². The van der Waals surface area contributed by atoms with Gasteiger partial charge in [-0.1, -0.05) is 36.4 Å². The molecule has 0 saturated heterocycles. The minimum Gasteiger partial charge on any atom is -0.496 e. The Bertz CT molecular complexity index is 1270. The van der Waals surface area contributed by atoms with Gasteiger partial charge in [0.05, 0.1) is 38.7 Å². The monoisotopic (exact) mass is 456 g/mol.